The van der Waals surface area contributed by atoms with Gasteiger partial charge in [0.2, 0.25) is 0 Å². The Hall–Kier alpha value is -1.03. The summed E-state index contributed by atoms with van der Waals surface area (Å²) in [5, 5.41) is 10.6. The Morgan fingerprint density at radius 1 is 1.73 bits per heavy atom. The van der Waals surface area contributed by atoms with Crippen molar-refractivity contribution in [2.45, 2.75) is 24.9 Å². The van der Waals surface area contributed by atoms with Gasteiger partial charge in [-0.1, -0.05) is 12.2 Å². The first-order valence-electron chi connectivity index (χ1n) is 3.59. The number of carboxylic acid groups (broad SMARTS) is 1. The van der Waals surface area contributed by atoms with Crippen molar-refractivity contribution >= 4 is 6.09 Å². The van der Waals surface area contributed by atoms with Crippen molar-refractivity contribution in [2.75, 3.05) is 0 Å². The molecule has 2 atom stereocenters. The maximum absolute atomic E-state index is 8.78. The van der Waals surface area contributed by atoms with Crippen molar-refractivity contribution in [3.8, 4) is 0 Å². The van der Waals surface area contributed by atoms with Gasteiger partial charge in [-0.15, -0.1) is 0 Å². The SMILES string of the molecule is C1=CC2CC(C1)N2.NC(=O)O. The minimum Gasteiger partial charge on any atom is -0.465 e. The second-order valence-corrected chi connectivity index (χ2v) is 2.71. The standard InChI is InChI=1S/C6H9N.CH3NO2/c1-2-5-4-6(3-1)7-5;2-1(3)4/h1-2,5-7H,3-4H2;2H2,(H,3,4). The Labute approximate surface area is 65.1 Å². The van der Waals surface area contributed by atoms with Crippen LogP contribution in [0.4, 0.5) is 4.79 Å². The third-order valence-corrected chi connectivity index (χ3v) is 1.78. The van der Waals surface area contributed by atoms with E-state index in [1.54, 1.807) is 0 Å². The Bertz CT molecular complexity index is 169. The van der Waals surface area contributed by atoms with Crippen LogP contribution in [-0.2, 0) is 0 Å². The van der Waals surface area contributed by atoms with Crippen LogP contribution in [0, 0.1) is 0 Å². The van der Waals surface area contributed by atoms with Crippen LogP contribution in [-0.4, -0.2) is 23.3 Å². The average Bonchev–Trinajstić information content (AvgIpc) is 1.86. The maximum atomic E-state index is 8.78. The second-order valence-electron chi connectivity index (χ2n) is 2.71. The van der Waals surface area contributed by atoms with Crippen LogP contribution in [0.3, 0.4) is 0 Å². The molecule has 0 saturated carbocycles. The van der Waals surface area contributed by atoms with E-state index in [1.165, 1.54) is 12.8 Å². The van der Waals surface area contributed by atoms with Gasteiger partial charge in [0.25, 0.3) is 0 Å². The molecule has 0 aromatic heterocycles. The highest BCUT2D eigenvalue weighted by Gasteiger charge is 2.27. The summed E-state index contributed by atoms with van der Waals surface area (Å²) >= 11 is 0. The quantitative estimate of drug-likeness (QED) is 0.441. The Morgan fingerprint density at radius 2 is 2.27 bits per heavy atom. The summed E-state index contributed by atoms with van der Waals surface area (Å²) in [5.74, 6) is 0. The fourth-order valence-electron chi connectivity index (χ4n) is 1.29. The van der Waals surface area contributed by atoms with Gasteiger partial charge in [-0.2, -0.15) is 0 Å². The Kier molecular flexibility index (Phi) is 2.48. The summed E-state index contributed by atoms with van der Waals surface area (Å²) in [7, 11) is 0. The van der Waals surface area contributed by atoms with E-state index in [1.807, 2.05) is 0 Å². The molecule has 4 N–H and O–H groups in total. The zero-order chi connectivity index (χ0) is 8.27. The molecule has 4 nitrogen and oxygen atoms in total. The molecule has 3 rings (SSSR count). The van der Waals surface area contributed by atoms with Crippen LogP contribution < -0.4 is 11.1 Å². The monoisotopic (exact) mass is 156 g/mol. The van der Waals surface area contributed by atoms with Crippen molar-refractivity contribution in [2.24, 2.45) is 5.73 Å². The van der Waals surface area contributed by atoms with Gasteiger partial charge in [0, 0.05) is 12.1 Å². The largest absolute Gasteiger partial charge is 0.465 e. The van der Waals surface area contributed by atoms with Crippen molar-refractivity contribution in [3.63, 3.8) is 0 Å². The molecule has 11 heavy (non-hydrogen) atoms. The first-order chi connectivity index (χ1) is 5.18. The van der Waals surface area contributed by atoms with Gasteiger partial charge in [-0.05, 0) is 12.8 Å². The number of nitrogens with one attached hydrogen (secondary N) is 1. The molecule has 0 aromatic carbocycles. The molecule has 62 valence electrons. The zero-order valence-electron chi connectivity index (χ0n) is 6.16. The van der Waals surface area contributed by atoms with E-state index >= 15 is 0 Å². The van der Waals surface area contributed by atoms with Gasteiger partial charge < -0.3 is 16.2 Å². The van der Waals surface area contributed by atoms with E-state index in [4.69, 9.17) is 9.90 Å². The number of hydrogen-bond donors (Lipinski definition) is 3. The van der Waals surface area contributed by atoms with Gasteiger partial charge in [0.15, 0.2) is 0 Å². The fraction of sp³-hybridized carbons (Fsp3) is 0.571. The van der Waals surface area contributed by atoms with E-state index < -0.39 is 6.09 Å². The number of nitrogens with two attached hydrogens (primary N) is 1. The molecular weight excluding hydrogens is 144 g/mol. The van der Waals surface area contributed by atoms with E-state index in [9.17, 15) is 0 Å². The lowest BCUT2D eigenvalue weighted by molar-refractivity contribution is 0.205. The number of fused-ring (bicyclic) bond motifs is 1. The van der Waals surface area contributed by atoms with Gasteiger partial charge in [-0.25, -0.2) is 4.79 Å². The van der Waals surface area contributed by atoms with Crippen LogP contribution in [0.2, 0.25) is 0 Å². The molecule has 0 aromatic rings. The summed E-state index contributed by atoms with van der Waals surface area (Å²) in [6.45, 7) is 0. The molecule has 3 aliphatic rings. The van der Waals surface area contributed by atoms with E-state index in [-0.39, 0.29) is 0 Å². The highest BCUT2D eigenvalue weighted by molar-refractivity contribution is 5.61. The molecule has 0 radical (unpaired) electrons. The first kappa shape index (κ1) is 8.07. The van der Waals surface area contributed by atoms with E-state index in [0.717, 1.165) is 12.1 Å². The molecule has 1 aliphatic carbocycles. The van der Waals surface area contributed by atoms with Crippen LogP contribution in [0.5, 0.6) is 0 Å². The highest BCUT2D eigenvalue weighted by Crippen LogP contribution is 2.21. The van der Waals surface area contributed by atoms with Crippen molar-refractivity contribution in [1.29, 1.82) is 0 Å². The van der Waals surface area contributed by atoms with Gasteiger partial charge in [0.05, 0.1) is 0 Å². The second kappa shape index (κ2) is 3.39. The van der Waals surface area contributed by atoms with Gasteiger partial charge in [0.1, 0.15) is 0 Å². The predicted octanol–water partition coefficient (Wildman–Crippen LogP) is 0.300. The van der Waals surface area contributed by atoms with Crippen LogP contribution in [0.25, 0.3) is 0 Å². The third kappa shape index (κ3) is 2.59. The fourth-order valence-corrected chi connectivity index (χ4v) is 1.29. The van der Waals surface area contributed by atoms with Gasteiger partial charge in [-0.3, -0.25) is 0 Å². The normalized spacial score (nSPS) is 31.3. The lowest BCUT2D eigenvalue weighted by Crippen LogP contribution is -2.52. The molecule has 1 fully saturated rings. The summed E-state index contributed by atoms with van der Waals surface area (Å²) < 4.78 is 0. The summed E-state index contributed by atoms with van der Waals surface area (Å²) in [6, 6.07) is 1.59. The van der Waals surface area contributed by atoms with Crippen molar-refractivity contribution in [1.82, 2.24) is 5.32 Å². The van der Waals surface area contributed by atoms with E-state index in [2.05, 4.69) is 23.2 Å². The lowest BCUT2D eigenvalue weighted by Gasteiger charge is -2.38. The number of hydrogen-bond acceptors (Lipinski definition) is 2. The third-order valence-electron chi connectivity index (χ3n) is 1.78. The Balaban J connectivity index is 0.000000134. The topological polar surface area (TPSA) is 75.3 Å². The summed E-state index contributed by atoms with van der Waals surface area (Å²) in [5.41, 5.74) is 4.03. The van der Waals surface area contributed by atoms with Gasteiger partial charge >= 0.3 is 6.09 Å². The molecule has 4 heteroatoms. The van der Waals surface area contributed by atoms with Crippen molar-refractivity contribution in [3.05, 3.63) is 12.2 Å². The highest BCUT2D eigenvalue weighted by atomic mass is 16.4. The summed E-state index contributed by atoms with van der Waals surface area (Å²) in [4.78, 5) is 8.78. The van der Waals surface area contributed by atoms with E-state index in [0.29, 0.717) is 0 Å². The molecule has 0 spiro atoms. The first-order valence-corrected chi connectivity index (χ1v) is 3.59. The number of primary amides is 1. The smallest absolute Gasteiger partial charge is 0.402 e. The van der Waals surface area contributed by atoms with Crippen LogP contribution >= 0.6 is 0 Å². The lowest BCUT2D eigenvalue weighted by atomic mass is 9.89. The number of rotatable bonds is 0. The number of amides is 1. The minimum absolute atomic E-state index is 0.749. The molecule has 1 amide bonds. The predicted molar refractivity (Wildman–Crippen MR) is 41.3 cm³/mol. The molecule has 1 saturated heterocycles. The molecular formula is C7H12N2O2. The molecule has 2 bridgehead atoms. The van der Waals surface area contributed by atoms with Crippen LogP contribution in [0.15, 0.2) is 12.2 Å². The molecule has 2 aliphatic heterocycles. The number of carbonyl (C=O) groups is 1. The van der Waals surface area contributed by atoms with Crippen molar-refractivity contribution < 1.29 is 9.90 Å². The average molecular weight is 156 g/mol. The summed E-state index contributed by atoms with van der Waals surface area (Å²) in [6.07, 6.45) is 5.85. The maximum Gasteiger partial charge on any atom is 0.402 e. The van der Waals surface area contributed by atoms with Crippen LogP contribution in [0.1, 0.15) is 12.8 Å². The zero-order valence-corrected chi connectivity index (χ0v) is 6.16. The molecule has 2 heterocycles. The molecule has 2 unspecified atom stereocenters. The Morgan fingerprint density at radius 3 is 2.36 bits per heavy atom. The minimum atomic E-state index is -1.33.